The number of aromatic nitrogens is 2. The minimum absolute atomic E-state index is 0.143. The van der Waals surface area contributed by atoms with E-state index in [0.29, 0.717) is 18.7 Å². The van der Waals surface area contributed by atoms with Crippen LogP contribution < -0.4 is 10.6 Å². The lowest BCUT2D eigenvalue weighted by Gasteiger charge is -2.22. The first-order valence-corrected chi connectivity index (χ1v) is 6.91. The number of rotatable bonds is 5. The van der Waals surface area contributed by atoms with E-state index in [1.165, 1.54) is 19.2 Å². The van der Waals surface area contributed by atoms with Crippen LogP contribution in [0.1, 0.15) is 11.4 Å². The molecule has 1 aromatic heterocycles. The second kappa shape index (κ2) is 7.21. The first-order valence-electron chi connectivity index (χ1n) is 6.53. The Bertz CT molecular complexity index is 735. The molecular weight excluding hydrogens is 327 g/mol. The highest BCUT2D eigenvalue weighted by molar-refractivity contribution is 6.31. The summed E-state index contributed by atoms with van der Waals surface area (Å²) < 4.78 is 22.8. The van der Waals surface area contributed by atoms with Crippen LogP contribution in [0.5, 0.6) is 0 Å². The number of carbonyl (C=O) groups excluding carboxylic acids is 1. The van der Waals surface area contributed by atoms with Crippen molar-refractivity contribution in [3.63, 3.8) is 0 Å². The van der Waals surface area contributed by atoms with Gasteiger partial charge >= 0.3 is 6.09 Å². The Labute approximate surface area is 136 Å². The van der Waals surface area contributed by atoms with Gasteiger partial charge in [0.15, 0.2) is 5.69 Å². The zero-order chi connectivity index (χ0) is 17.0. The number of benzene rings is 1. The van der Waals surface area contributed by atoms with Gasteiger partial charge < -0.3 is 10.5 Å². The van der Waals surface area contributed by atoms with E-state index in [1.54, 1.807) is 0 Å². The molecule has 1 aromatic carbocycles. The molecule has 2 rings (SSSR count). The summed E-state index contributed by atoms with van der Waals surface area (Å²) in [7, 11) is 1.20. The maximum Gasteiger partial charge on any atom is 0.418 e. The maximum absolute atomic E-state index is 13.3. The highest BCUT2D eigenvalue weighted by atomic mass is 35.5. The summed E-state index contributed by atoms with van der Waals surface area (Å²) in [6.45, 7) is 4.14. The Kier molecular flexibility index (Phi) is 5.30. The molecule has 0 atom stereocenters. The van der Waals surface area contributed by atoms with Gasteiger partial charge in [-0.15, -0.1) is 0 Å². The lowest BCUT2D eigenvalue weighted by Crippen LogP contribution is -2.29. The van der Waals surface area contributed by atoms with Crippen molar-refractivity contribution in [1.29, 1.82) is 0 Å². The third-order valence-corrected chi connectivity index (χ3v) is 3.29. The Balaban J connectivity index is 2.46. The van der Waals surface area contributed by atoms with Gasteiger partial charge in [0.05, 0.1) is 23.5 Å². The molecule has 23 heavy (non-hydrogen) atoms. The number of nitrogens with two attached hydrogens (primary N) is 1. The van der Waals surface area contributed by atoms with Gasteiger partial charge in [0, 0.05) is 6.42 Å². The van der Waals surface area contributed by atoms with E-state index in [1.807, 2.05) is 0 Å². The minimum Gasteiger partial charge on any atom is -0.452 e. The van der Waals surface area contributed by atoms with Crippen LogP contribution >= 0.6 is 11.6 Å². The van der Waals surface area contributed by atoms with Gasteiger partial charge in [-0.25, -0.2) is 18.7 Å². The summed E-state index contributed by atoms with van der Waals surface area (Å²) in [5.74, 6) is -0.613. The fourth-order valence-electron chi connectivity index (χ4n) is 1.92. The van der Waals surface area contributed by atoms with Crippen molar-refractivity contribution in [2.75, 3.05) is 18.6 Å². The van der Waals surface area contributed by atoms with Crippen molar-refractivity contribution in [3.8, 4) is 0 Å². The first-order chi connectivity index (χ1) is 11.0. The number of halogens is 2. The van der Waals surface area contributed by atoms with Gasteiger partial charge in [0.1, 0.15) is 11.5 Å². The smallest absolute Gasteiger partial charge is 0.418 e. The van der Waals surface area contributed by atoms with E-state index in [9.17, 15) is 9.18 Å². The minimum atomic E-state index is -0.751. The molecule has 0 aliphatic carbocycles. The average molecular weight is 341 g/mol. The lowest BCUT2D eigenvalue weighted by molar-refractivity contribution is 0.182. The van der Waals surface area contributed by atoms with Gasteiger partial charge in [-0.05, 0) is 29.9 Å². The summed E-state index contributed by atoms with van der Waals surface area (Å²) in [4.78, 5) is 13.2. The summed E-state index contributed by atoms with van der Waals surface area (Å²) in [6, 6.07) is 3.76. The lowest BCUT2D eigenvalue weighted by atomic mass is 10.2. The van der Waals surface area contributed by atoms with Gasteiger partial charge in [-0.1, -0.05) is 23.3 Å². The number of nitrogens with zero attached hydrogens (tertiary/aromatic N) is 3. The van der Waals surface area contributed by atoms with Crippen molar-refractivity contribution in [2.24, 2.45) is 5.73 Å². The molecule has 2 aromatic rings. The van der Waals surface area contributed by atoms with Gasteiger partial charge in [-0.3, -0.25) is 0 Å². The average Bonchev–Trinajstić information content (AvgIpc) is 2.99. The van der Waals surface area contributed by atoms with E-state index in [2.05, 4.69) is 21.5 Å². The third kappa shape index (κ3) is 3.49. The molecule has 2 N–H and O–H groups in total. The summed E-state index contributed by atoms with van der Waals surface area (Å²) >= 11 is 5.77. The van der Waals surface area contributed by atoms with Crippen LogP contribution in [0.25, 0.3) is 5.70 Å². The summed E-state index contributed by atoms with van der Waals surface area (Å²) in [5, 5.41) is 7.32. The molecule has 7 nitrogen and oxygen atoms in total. The number of anilines is 1. The molecular formula is C14H14ClFN4O3. The van der Waals surface area contributed by atoms with Crippen molar-refractivity contribution < 1.29 is 18.6 Å². The van der Waals surface area contributed by atoms with Gasteiger partial charge in [0.25, 0.3) is 0 Å². The Hall–Kier alpha value is -2.45. The standard InChI is InChI=1S/C14H14ClFN4O3/c1-8(13-12(5-6-17)18-23-19-13)20(14(21)22-2)9-3-4-11(16)10(15)7-9/h3-4,7H,1,5-6,17H2,2H3. The number of hydrogen-bond acceptors (Lipinski definition) is 6. The van der Waals surface area contributed by atoms with Crippen LogP contribution in [0, 0.1) is 5.82 Å². The Morgan fingerprint density at radius 1 is 1.52 bits per heavy atom. The van der Waals surface area contributed by atoms with Gasteiger partial charge in [0.2, 0.25) is 0 Å². The molecule has 0 aliphatic rings. The molecule has 0 spiro atoms. The predicted molar refractivity (Wildman–Crippen MR) is 82.4 cm³/mol. The second-order valence-corrected chi connectivity index (χ2v) is 4.86. The van der Waals surface area contributed by atoms with Crippen LogP contribution in [0.2, 0.25) is 5.02 Å². The summed E-state index contributed by atoms with van der Waals surface area (Å²) in [5.41, 5.74) is 6.59. The zero-order valence-corrected chi connectivity index (χ0v) is 13.0. The van der Waals surface area contributed by atoms with E-state index in [0.717, 1.165) is 11.0 Å². The zero-order valence-electron chi connectivity index (χ0n) is 12.3. The highest BCUT2D eigenvalue weighted by Gasteiger charge is 2.26. The number of ether oxygens (including phenoxy) is 1. The van der Waals surface area contributed by atoms with Crippen LogP contribution in [-0.4, -0.2) is 30.1 Å². The first kappa shape index (κ1) is 16.9. The van der Waals surface area contributed by atoms with Crippen LogP contribution in [0.15, 0.2) is 29.4 Å². The van der Waals surface area contributed by atoms with Crippen molar-refractivity contribution >= 4 is 29.1 Å². The molecule has 0 saturated carbocycles. The quantitative estimate of drug-likeness (QED) is 0.899. The molecule has 0 saturated heterocycles. The molecule has 9 heteroatoms. The third-order valence-electron chi connectivity index (χ3n) is 3.00. The number of carbonyl (C=O) groups is 1. The molecule has 1 heterocycles. The molecule has 1 amide bonds. The predicted octanol–water partition coefficient (Wildman–Crippen LogP) is 2.61. The van der Waals surface area contributed by atoms with Gasteiger partial charge in [-0.2, -0.15) is 0 Å². The number of amides is 1. The number of hydrogen-bond donors (Lipinski definition) is 1. The molecule has 0 unspecified atom stereocenters. The Morgan fingerprint density at radius 2 is 2.26 bits per heavy atom. The molecule has 0 bridgehead atoms. The van der Waals surface area contributed by atoms with E-state index in [-0.39, 0.29) is 22.1 Å². The highest BCUT2D eigenvalue weighted by Crippen LogP contribution is 2.29. The number of methoxy groups -OCH3 is 1. The topological polar surface area (TPSA) is 94.5 Å². The summed E-state index contributed by atoms with van der Waals surface area (Å²) in [6.07, 6.45) is -0.365. The monoisotopic (exact) mass is 340 g/mol. The SMILES string of the molecule is C=C(c1nonc1CCN)N(C(=O)OC)c1ccc(F)c(Cl)c1. The van der Waals surface area contributed by atoms with E-state index in [4.69, 9.17) is 22.1 Å². The maximum atomic E-state index is 13.3. The fourth-order valence-corrected chi connectivity index (χ4v) is 2.09. The second-order valence-electron chi connectivity index (χ2n) is 4.45. The van der Waals surface area contributed by atoms with E-state index >= 15 is 0 Å². The van der Waals surface area contributed by atoms with Crippen molar-refractivity contribution in [1.82, 2.24) is 10.3 Å². The molecule has 0 aliphatic heterocycles. The van der Waals surface area contributed by atoms with Crippen molar-refractivity contribution in [3.05, 3.63) is 47.0 Å². The normalized spacial score (nSPS) is 10.4. The Morgan fingerprint density at radius 3 is 2.87 bits per heavy atom. The molecule has 0 fully saturated rings. The fraction of sp³-hybridized carbons (Fsp3) is 0.214. The molecule has 0 radical (unpaired) electrons. The van der Waals surface area contributed by atoms with Crippen LogP contribution in [0.3, 0.4) is 0 Å². The van der Waals surface area contributed by atoms with E-state index < -0.39 is 11.9 Å². The van der Waals surface area contributed by atoms with Crippen LogP contribution in [0.4, 0.5) is 14.9 Å². The molecule has 122 valence electrons. The van der Waals surface area contributed by atoms with Crippen molar-refractivity contribution in [2.45, 2.75) is 6.42 Å². The largest absolute Gasteiger partial charge is 0.452 e. The van der Waals surface area contributed by atoms with Crippen LogP contribution in [-0.2, 0) is 11.2 Å².